The number of pyridine rings is 1. The van der Waals surface area contributed by atoms with Gasteiger partial charge in [0, 0.05) is 43.5 Å². The number of nitrogens with one attached hydrogen (secondary N) is 1. The molecule has 1 aliphatic heterocycles. The number of hydrogen-bond donors (Lipinski definition) is 2. The normalized spacial score (nSPS) is 14.5. The number of hydrogen-bond acceptors (Lipinski definition) is 4. The highest BCUT2D eigenvalue weighted by Crippen LogP contribution is 2.23. The van der Waals surface area contributed by atoms with E-state index < -0.39 is 34.6 Å². The second-order valence-electron chi connectivity index (χ2n) is 8.16. The number of nitrogens with zero attached hydrogens (tertiary/aromatic N) is 2. The lowest BCUT2D eigenvalue weighted by Crippen LogP contribution is -2.47. The summed E-state index contributed by atoms with van der Waals surface area (Å²) in [5.74, 6) is -3.28. The number of carbonyl (C=O) groups excluding carboxylic acids is 2. The zero-order valence-corrected chi connectivity index (χ0v) is 17.6. The highest BCUT2D eigenvalue weighted by Gasteiger charge is 2.33. The van der Waals surface area contributed by atoms with Crippen molar-refractivity contribution in [2.24, 2.45) is 5.92 Å². The molecule has 2 amide bonds. The third-order valence-electron chi connectivity index (χ3n) is 5.35. The minimum absolute atomic E-state index is 0.0435. The van der Waals surface area contributed by atoms with Gasteiger partial charge in [0.25, 0.3) is 11.8 Å². The van der Waals surface area contributed by atoms with Crippen molar-refractivity contribution in [3.8, 4) is 5.75 Å². The molecular formula is C22H25F2N3O4. The SMILES string of the molecule is CC(C)CC(C)N1CCn2cc(C(=O)NCc3ccc(F)cc3F)c(=O)c(O)c2C1=O. The maximum Gasteiger partial charge on any atom is 0.274 e. The molecule has 0 aliphatic carbocycles. The number of amides is 2. The monoisotopic (exact) mass is 433 g/mol. The van der Waals surface area contributed by atoms with Crippen LogP contribution in [0.2, 0.25) is 0 Å². The van der Waals surface area contributed by atoms with E-state index in [9.17, 15) is 28.3 Å². The van der Waals surface area contributed by atoms with Crippen molar-refractivity contribution in [2.75, 3.05) is 6.54 Å². The molecule has 1 aromatic carbocycles. The first-order valence-electron chi connectivity index (χ1n) is 10.1. The van der Waals surface area contributed by atoms with Crippen molar-refractivity contribution in [3.63, 3.8) is 0 Å². The molecule has 166 valence electrons. The van der Waals surface area contributed by atoms with Crippen molar-refractivity contribution in [3.05, 3.63) is 63.1 Å². The van der Waals surface area contributed by atoms with Gasteiger partial charge < -0.3 is 19.9 Å². The van der Waals surface area contributed by atoms with Crippen LogP contribution < -0.4 is 10.7 Å². The standard InChI is InChI=1S/C22H25F2N3O4/c1-12(2)8-13(3)27-7-6-26-11-16(19(28)20(29)18(26)22(27)31)21(30)25-10-14-4-5-15(23)9-17(14)24/h4-5,9,11-13,29H,6-8,10H2,1-3H3,(H,25,30). The average molecular weight is 433 g/mol. The van der Waals surface area contributed by atoms with Gasteiger partial charge >= 0.3 is 0 Å². The number of rotatable bonds is 6. The van der Waals surface area contributed by atoms with E-state index in [1.54, 1.807) is 4.90 Å². The van der Waals surface area contributed by atoms with Gasteiger partial charge in [-0.2, -0.15) is 0 Å². The fourth-order valence-corrected chi connectivity index (χ4v) is 3.83. The van der Waals surface area contributed by atoms with E-state index in [4.69, 9.17) is 0 Å². The Morgan fingerprint density at radius 3 is 2.55 bits per heavy atom. The molecule has 0 spiro atoms. The number of aromatic hydroxyl groups is 1. The third-order valence-corrected chi connectivity index (χ3v) is 5.35. The molecular weight excluding hydrogens is 408 g/mol. The van der Waals surface area contributed by atoms with E-state index in [0.717, 1.165) is 12.5 Å². The zero-order chi connectivity index (χ0) is 22.9. The molecule has 1 aliphatic rings. The number of halogens is 2. The largest absolute Gasteiger partial charge is 0.503 e. The number of aromatic nitrogens is 1. The first kappa shape index (κ1) is 22.5. The van der Waals surface area contributed by atoms with Crippen LogP contribution in [0, 0.1) is 17.6 Å². The molecule has 3 rings (SSSR count). The van der Waals surface area contributed by atoms with Gasteiger partial charge in [-0.1, -0.05) is 19.9 Å². The van der Waals surface area contributed by atoms with E-state index in [0.29, 0.717) is 25.1 Å². The molecule has 0 saturated carbocycles. The summed E-state index contributed by atoms with van der Waals surface area (Å²) in [5.41, 5.74) is -1.44. The third kappa shape index (κ3) is 4.60. The zero-order valence-electron chi connectivity index (χ0n) is 17.6. The van der Waals surface area contributed by atoms with Crippen LogP contribution in [0.3, 0.4) is 0 Å². The Bertz CT molecular complexity index is 1080. The Balaban J connectivity index is 1.83. The lowest BCUT2D eigenvalue weighted by molar-refractivity contribution is 0.0604. The summed E-state index contributed by atoms with van der Waals surface area (Å²) in [4.78, 5) is 39.6. The van der Waals surface area contributed by atoms with Gasteiger partial charge in [0.1, 0.15) is 17.2 Å². The van der Waals surface area contributed by atoms with Crippen molar-refractivity contribution in [2.45, 2.75) is 46.3 Å². The molecule has 2 aromatic rings. The van der Waals surface area contributed by atoms with Crippen molar-refractivity contribution in [1.82, 2.24) is 14.8 Å². The van der Waals surface area contributed by atoms with Gasteiger partial charge in [-0.25, -0.2) is 8.78 Å². The topological polar surface area (TPSA) is 91.6 Å². The first-order valence-corrected chi connectivity index (χ1v) is 10.1. The van der Waals surface area contributed by atoms with Crippen LogP contribution in [0.5, 0.6) is 5.75 Å². The second kappa shape index (κ2) is 8.87. The maximum absolute atomic E-state index is 13.8. The molecule has 1 unspecified atom stereocenters. The van der Waals surface area contributed by atoms with Gasteiger partial charge in [0.05, 0.1) is 0 Å². The van der Waals surface area contributed by atoms with Crippen LogP contribution in [-0.4, -0.2) is 39.0 Å². The molecule has 2 heterocycles. The number of carbonyl (C=O) groups is 2. The molecule has 0 radical (unpaired) electrons. The predicted molar refractivity (Wildman–Crippen MR) is 110 cm³/mol. The fourth-order valence-electron chi connectivity index (χ4n) is 3.83. The quantitative estimate of drug-likeness (QED) is 0.733. The summed E-state index contributed by atoms with van der Waals surface area (Å²) < 4.78 is 28.2. The van der Waals surface area contributed by atoms with Crippen LogP contribution in [0.1, 0.15) is 53.6 Å². The first-order chi connectivity index (χ1) is 14.6. The van der Waals surface area contributed by atoms with Crippen molar-refractivity contribution in [1.29, 1.82) is 0 Å². The molecule has 1 atom stereocenters. The predicted octanol–water partition coefficient (Wildman–Crippen LogP) is 2.65. The van der Waals surface area contributed by atoms with Crippen molar-refractivity contribution >= 4 is 11.8 Å². The van der Waals surface area contributed by atoms with E-state index >= 15 is 0 Å². The fraction of sp³-hybridized carbons (Fsp3) is 0.409. The molecule has 0 saturated heterocycles. The molecule has 9 heteroatoms. The van der Waals surface area contributed by atoms with Gasteiger partial charge in [0.15, 0.2) is 11.4 Å². The molecule has 0 fully saturated rings. The van der Waals surface area contributed by atoms with Crippen LogP contribution in [0.25, 0.3) is 0 Å². The number of fused-ring (bicyclic) bond motifs is 1. The summed E-state index contributed by atoms with van der Waals surface area (Å²) in [6.07, 6.45) is 2.01. The van der Waals surface area contributed by atoms with E-state index in [-0.39, 0.29) is 29.4 Å². The summed E-state index contributed by atoms with van der Waals surface area (Å²) in [7, 11) is 0. The molecule has 7 nitrogen and oxygen atoms in total. The Labute approximate surface area is 178 Å². The molecule has 2 N–H and O–H groups in total. The van der Waals surface area contributed by atoms with E-state index in [1.165, 1.54) is 16.8 Å². The molecule has 1 aromatic heterocycles. The van der Waals surface area contributed by atoms with Gasteiger partial charge in [-0.15, -0.1) is 0 Å². The van der Waals surface area contributed by atoms with Crippen molar-refractivity contribution < 1.29 is 23.5 Å². The van der Waals surface area contributed by atoms with Crippen LogP contribution in [0.4, 0.5) is 8.78 Å². The van der Waals surface area contributed by atoms with Gasteiger partial charge in [0.2, 0.25) is 5.43 Å². The second-order valence-corrected chi connectivity index (χ2v) is 8.16. The van der Waals surface area contributed by atoms with Crippen LogP contribution in [0.15, 0.2) is 29.2 Å². The van der Waals surface area contributed by atoms with E-state index in [2.05, 4.69) is 5.32 Å². The minimum Gasteiger partial charge on any atom is -0.503 e. The smallest absolute Gasteiger partial charge is 0.274 e. The summed E-state index contributed by atoms with van der Waals surface area (Å²) in [6, 6.07) is 2.87. The Kier molecular flexibility index (Phi) is 6.42. The van der Waals surface area contributed by atoms with Crippen LogP contribution >= 0.6 is 0 Å². The average Bonchev–Trinajstić information content (AvgIpc) is 2.69. The Morgan fingerprint density at radius 1 is 1.19 bits per heavy atom. The molecule has 0 bridgehead atoms. The highest BCUT2D eigenvalue weighted by molar-refractivity contribution is 5.99. The summed E-state index contributed by atoms with van der Waals surface area (Å²) in [6.45, 7) is 6.42. The molecule has 31 heavy (non-hydrogen) atoms. The highest BCUT2D eigenvalue weighted by atomic mass is 19.1. The Hall–Kier alpha value is -3.23. The maximum atomic E-state index is 13.8. The minimum atomic E-state index is -0.977. The lowest BCUT2D eigenvalue weighted by atomic mass is 10.0. The van der Waals surface area contributed by atoms with Crippen LogP contribution in [-0.2, 0) is 13.1 Å². The Morgan fingerprint density at radius 2 is 1.90 bits per heavy atom. The summed E-state index contributed by atoms with van der Waals surface area (Å²) >= 11 is 0. The number of benzene rings is 1. The lowest BCUT2D eigenvalue weighted by Gasteiger charge is -2.35. The summed E-state index contributed by atoms with van der Waals surface area (Å²) in [5, 5.41) is 12.8. The van der Waals surface area contributed by atoms with Gasteiger partial charge in [-0.05, 0) is 25.3 Å². The van der Waals surface area contributed by atoms with E-state index in [1.807, 2.05) is 20.8 Å². The van der Waals surface area contributed by atoms with Gasteiger partial charge in [-0.3, -0.25) is 14.4 Å².